The molecule has 0 saturated carbocycles. The van der Waals surface area contributed by atoms with E-state index in [0.29, 0.717) is 17.1 Å². The molecule has 0 bridgehead atoms. The first-order valence-electron chi connectivity index (χ1n) is 4.82. The molecule has 1 amide bonds. The lowest BCUT2D eigenvalue weighted by atomic mass is 10.2. The molecule has 7 heteroatoms. The van der Waals surface area contributed by atoms with E-state index >= 15 is 0 Å². The monoisotopic (exact) mass is 230 g/mol. The van der Waals surface area contributed by atoms with Gasteiger partial charge < -0.3 is 5.73 Å². The van der Waals surface area contributed by atoms with Gasteiger partial charge in [-0.2, -0.15) is 0 Å². The number of hydrogen-bond acceptors (Lipinski definition) is 6. The van der Waals surface area contributed by atoms with Crippen molar-refractivity contribution in [1.29, 1.82) is 0 Å². The van der Waals surface area contributed by atoms with Crippen molar-refractivity contribution in [2.24, 2.45) is 0 Å². The van der Waals surface area contributed by atoms with Crippen molar-refractivity contribution in [2.75, 3.05) is 11.1 Å². The van der Waals surface area contributed by atoms with Gasteiger partial charge in [0.15, 0.2) is 0 Å². The third-order valence-corrected chi connectivity index (χ3v) is 1.95. The van der Waals surface area contributed by atoms with Crippen molar-refractivity contribution >= 4 is 17.7 Å². The third kappa shape index (κ3) is 2.71. The quantitative estimate of drug-likeness (QED) is 0.773. The molecule has 0 atom stereocenters. The number of nitrogens with one attached hydrogen (secondary N) is 1. The lowest BCUT2D eigenvalue weighted by molar-refractivity contribution is 0.102. The summed E-state index contributed by atoms with van der Waals surface area (Å²) in [6.07, 6.45) is 2.60. The smallest absolute Gasteiger partial charge is 0.258 e. The summed E-state index contributed by atoms with van der Waals surface area (Å²) >= 11 is 0. The molecule has 0 aromatic carbocycles. The number of nitrogens with two attached hydrogens (primary N) is 1. The number of aromatic nitrogens is 4. The Morgan fingerprint density at radius 1 is 1.29 bits per heavy atom. The molecule has 0 aliphatic carbocycles. The number of hydrogen-bond donors (Lipinski definition) is 2. The van der Waals surface area contributed by atoms with Crippen molar-refractivity contribution in [2.45, 2.75) is 6.92 Å². The summed E-state index contributed by atoms with van der Waals surface area (Å²) in [5.41, 5.74) is 6.64. The van der Waals surface area contributed by atoms with Gasteiger partial charge in [-0.25, -0.2) is 19.9 Å². The van der Waals surface area contributed by atoms with Gasteiger partial charge in [0.2, 0.25) is 5.95 Å². The summed E-state index contributed by atoms with van der Waals surface area (Å²) in [4.78, 5) is 27.0. The van der Waals surface area contributed by atoms with Gasteiger partial charge in [-0.1, -0.05) is 0 Å². The Morgan fingerprint density at radius 2 is 2.00 bits per heavy atom. The van der Waals surface area contributed by atoms with E-state index in [1.165, 1.54) is 18.7 Å². The summed E-state index contributed by atoms with van der Waals surface area (Å²) in [6.45, 7) is 1.76. The van der Waals surface area contributed by atoms with Crippen LogP contribution in [0.1, 0.15) is 16.1 Å². The van der Waals surface area contributed by atoms with Crippen molar-refractivity contribution < 1.29 is 4.79 Å². The topological polar surface area (TPSA) is 107 Å². The van der Waals surface area contributed by atoms with Gasteiger partial charge in [-0.3, -0.25) is 10.1 Å². The second-order valence-corrected chi connectivity index (χ2v) is 3.34. The maximum atomic E-state index is 11.8. The molecule has 2 aromatic heterocycles. The number of pyridine rings is 1. The lowest BCUT2D eigenvalue weighted by Gasteiger charge is -2.04. The van der Waals surface area contributed by atoms with Gasteiger partial charge in [0.05, 0.1) is 0 Å². The molecule has 2 rings (SSSR count). The molecule has 0 saturated heterocycles. The SMILES string of the molecule is Cc1cc(C(=O)Nc2ncncn2)cc(N)n1. The highest BCUT2D eigenvalue weighted by molar-refractivity contribution is 6.03. The number of nitrogens with zero attached hydrogens (tertiary/aromatic N) is 4. The van der Waals surface area contributed by atoms with E-state index in [0.717, 1.165) is 0 Å². The molecule has 86 valence electrons. The predicted molar refractivity (Wildman–Crippen MR) is 61.2 cm³/mol. The maximum absolute atomic E-state index is 11.8. The van der Waals surface area contributed by atoms with Crippen LogP contribution in [0.3, 0.4) is 0 Å². The normalized spacial score (nSPS) is 9.94. The van der Waals surface area contributed by atoms with Crippen molar-refractivity contribution in [3.8, 4) is 0 Å². The molecule has 0 spiro atoms. The molecule has 0 fully saturated rings. The number of carbonyl (C=O) groups is 1. The first-order valence-corrected chi connectivity index (χ1v) is 4.82. The van der Waals surface area contributed by atoms with E-state index in [2.05, 4.69) is 25.3 Å². The Bertz CT molecular complexity index is 521. The summed E-state index contributed by atoms with van der Waals surface area (Å²) in [5, 5.41) is 2.53. The minimum Gasteiger partial charge on any atom is -0.384 e. The summed E-state index contributed by atoms with van der Waals surface area (Å²) in [5.74, 6) is 0.150. The number of rotatable bonds is 2. The highest BCUT2D eigenvalue weighted by atomic mass is 16.1. The molecule has 0 aliphatic rings. The molecular formula is C10H10N6O. The van der Waals surface area contributed by atoms with Crippen LogP contribution in [0.25, 0.3) is 0 Å². The molecular weight excluding hydrogens is 220 g/mol. The van der Waals surface area contributed by atoms with Crippen molar-refractivity contribution in [1.82, 2.24) is 19.9 Å². The van der Waals surface area contributed by atoms with Crippen LogP contribution < -0.4 is 11.1 Å². The molecule has 0 aliphatic heterocycles. The maximum Gasteiger partial charge on any atom is 0.258 e. The minimum absolute atomic E-state index is 0.193. The lowest BCUT2D eigenvalue weighted by Crippen LogP contribution is -2.15. The van der Waals surface area contributed by atoms with Gasteiger partial charge in [0, 0.05) is 11.3 Å². The Balaban J connectivity index is 2.20. The Morgan fingerprint density at radius 3 is 2.65 bits per heavy atom. The van der Waals surface area contributed by atoms with E-state index < -0.39 is 0 Å². The minimum atomic E-state index is -0.339. The molecule has 0 radical (unpaired) electrons. The van der Waals surface area contributed by atoms with Crippen LogP contribution in [0.2, 0.25) is 0 Å². The van der Waals surface area contributed by atoms with Crippen LogP contribution in [0.15, 0.2) is 24.8 Å². The number of amides is 1. The number of carbonyl (C=O) groups excluding carboxylic acids is 1. The van der Waals surface area contributed by atoms with Crippen LogP contribution in [0.4, 0.5) is 11.8 Å². The number of aryl methyl sites for hydroxylation is 1. The van der Waals surface area contributed by atoms with Crippen LogP contribution in [-0.2, 0) is 0 Å². The van der Waals surface area contributed by atoms with E-state index in [4.69, 9.17) is 5.73 Å². The fraction of sp³-hybridized carbons (Fsp3) is 0.100. The average Bonchev–Trinajstić information content (AvgIpc) is 2.29. The Kier molecular flexibility index (Phi) is 2.91. The molecule has 0 unspecified atom stereocenters. The van der Waals surface area contributed by atoms with Crippen LogP contribution in [-0.4, -0.2) is 25.8 Å². The van der Waals surface area contributed by atoms with Gasteiger partial charge in [0.25, 0.3) is 5.91 Å². The number of nitrogen functional groups attached to an aromatic ring is 1. The summed E-state index contributed by atoms with van der Waals surface area (Å²) < 4.78 is 0. The predicted octanol–water partition coefficient (Wildman–Crippen LogP) is 0.410. The first kappa shape index (κ1) is 10.9. The third-order valence-electron chi connectivity index (χ3n) is 1.95. The zero-order valence-electron chi connectivity index (χ0n) is 9.08. The summed E-state index contributed by atoms with van der Waals surface area (Å²) in [7, 11) is 0. The first-order chi connectivity index (χ1) is 8.15. The van der Waals surface area contributed by atoms with Crippen LogP contribution >= 0.6 is 0 Å². The van der Waals surface area contributed by atoms with E-state index in [-0.39, 0.29) is 11.9 Å². The van der Waals surface area contributed by atoms with Crippen molar-refractivity contribution in [3.05, 3.63) is 36.0 Å². The highest BCUT2D eigenvalue weighted by Gasteiger charge is 2.09. The van der Waals surface area contributed by atoms with E-state index in [9.17, 15) is 4.79 Å². The van der Waals surface area contributed by atoms with E-state index in [1.54, 1.807) is 13.0 Å². The van der Waals surface area contributed by atoms with Gasteiger partial charge in [0.1, 0.15) is 18.5 Å². The van der Waals surface area contributed by atoms with Crippen molar-refractivity contribution in [3.63, 3.8) is 0 Å². The van der Waals surface area contributed by atoms with Crippen LogP contribution in [0.5, 0.6) is 0 Å². The second kappa shape index (κ2) is 4.52. The summed E-state index contributed by atoms with van der Waals surface area (Å²) in [6, 6.07) is 3.12. The molecule has 3 N–H and O–H groups in total. The van der Waals surface area contributed by atoms with Gasteiger partial charge in [-0.15, -0.1) is 0 Å². The number of anilines is 2. The second-order valence-electron chi connectivity index (χ2n) is 3.34. The molecule has 17 heavy (non-hydrogen) atoms. The average molecular weight is 230 g/mol. The zero-order chi connectivity index (χ0) is 12.3. The Hall–Kier alpha value is -2.57. The standard InChI is InChI=1S/C10H10N6O/c1-6-2-7(3-8(11)15-6)9(17)16-10-13-4-12-5-14-10/h2-5H,1H3,(H2,11,15)(H,12,13,14,16,17). The fourth-order valence-electron chi connectivity index (χ4n) is 1.30. The largest absolute Gasteiger partial charge is 0.384 e. The Labute approximate surface area is 97.1 Å². The fourth-order valence-corrected chi connectivity index (χ4v) is 1.30. The van der Waals surface area contributed by atoms with Crippen LogP contribution in [0, 0.1) is 6.92 Å². The van der Waals surface area contributed by atoms with Gasteiger partial charge in [-0.05, 0) is 19.1 Å². The van der Waals surface area contributed by atoms with E-state index in [1.807, 2.05) is 0 Å². The molecule has 7 nitrogen and oxygen atoms in total. The van der Waals surface area contributed by atoms with Gasteiger partial charge >= 0.3 is 0 Å². The molecule has 2 heterocycles. The molecule has 2 aromatic rings. The highest BCUT2D eigenvalue weighted by Crippen LogP contribution is 2.08. The zero-order valence-corrected chi connectivity index (χ0v) is 9.08.